The van der Waals surface area contributed by atoms with E-state index in [-0.39, 0.29) is 12.2 Å². The molecule has 2 heterocycles. The molecule has 9 nitrogen and oxygen atoms in total. The molecular weight excluding hydrogens is 524 g/mol. The Morgan fingerprint density at radius 3 is 2.51 bits per heavy atom. The van der Waals surface area contributed by atoms with Gasteiger partial charge >= 0.3 is 6.09 Å². The summed E-state index contributed by atoms with van der Waals surface area (Å²) in [6.07, 6.45) is -0.560. The lowest BCUT2D eigenvalue weighted by Gasteiger charge is -2.74. The molecule has 2 N–H and O–H groups in total. The van der Waals surface area contributed by atoms with Crippen molar-refractivity contribution in [3.05, 3.63) is 48.6 Å². The lowest BCUT2D eigenvalue weighted by atomic mass is 9.39. The summed E-state index contributed by atoms with van der Waals surface area (Å²) in [6, 6.07) is 9.83. The second-order valence-electron chi connectivity index (χ2n) is 13.8. The predicted molar refractivity (Wildman–Crippen MR) is 153 cm³/mol. The first-order chi connectivity index (χ1) is 19.1. The standard InChI is InChI=1S/C32H46N2O7/c1-9-29(4)19-21(35)32-30(5)22(38-27(40-32)34(7)8)15-17-28(2,3)24(30)23(36)25(31(32,6)41-29)39-26(37)33-18-16-20-13-11-10-12-14-20/h9-14,22-25,27,36H,1,15-19H2,2-8H3,(H,33,37)/t22-,23-,24-,25-,27?,29-,30-,31+,32-/m0/s1. The molecule has 4 aliphatic rings. The number of Topliss-reactive ketones (excluding diaryl/α,β-unsaturated/α-hetero) is 1. The van der Waals surface area contributed by atoms with Crippen LogP contribution in [0, 0.1) is 16.7 Å². The molecule has 0 bridgehead atoms. The normalized spacial score (nSPS) is 43.0. The van der Waals surface area contributed by atoms with Crippen LogP contribution in [-0.4, -0.2) is 84.1 Å². The summed E-state index contributed by atoms with van der Waals surface area (Å²) in [5, 5.41) is 15.1. The third kappa shape index (κ3) is 4.38. The van der Waals surface area contributed by atoms with Gasteiger partial charge in [-0.15, -0.1) is 6.58 Å². The topological polar surface area (TPSA) is 107 Å². The number of hydrogen-bond donors (Lipinski definition) is 2. The van der Waals surface area contributed by atoms with Crippen LogP contribution in [0.3, 0.4) is 0 Å². The van der Waals surface area contributed by atoms with Crippen LogP contribution >= 0.6 is 0 Å². The van der Waals surface area contributed by atoms with E-state index in [0.717, 1.165) is 12.0 Å². The maximum atomic E-state index is 14.7. The highest BCUT2D eigenvalue weighted by molar-refractivity contribution is 5.93. The molecule has 2 saturated carbocycles. The third-order valence-corrected chi connectivity index (χ3v) is 10.4. The fraction of sp³-hybridized carbons (Fsp3) is 0.688. The van der Waals surface area contributed by atoms with Crippen molar-refractivity contribution in [2.24, 2.45) is 16.7 Å². The molecule has 2 aliphatic carbocycles. The number of nitrogens with zero attached hydrogens (tertiary/aromatic N) is 1. The van der Waals surface area contributed by atoms with Crippen molar-refractivity contribution in [2.75, 3.05) is 20.6 Å². The van der Waals surface area contributed by atoms with E-state index in [4.69, 9.17) is 18.9 Å². The number of amides is 1. The van der Waals surface area contributed by atoms with Gasteiger partial charge in [0.15, 0.2) is 17.5 Å². The summed E-state index contributed by atoms with van der Waals surface area (Å²) < 4.78 is 26.3. The van der Waals surface area contributed by atoms with Gasteiger partial charge in [-0.05, 0) is 58.2 Å². The SMILES string of the molecule is C=C[C@@]1(C)CC(=O)[C@@]23OC(N(C)C)O[C@H]4CCC(C)(C)[C@H]([C@H](O)[C@H](OC(=O)NCCc5ccccc5)[C@@]2(C)O1)[C@]43C. The Hall–Kier alpha value is -2.30. The predicted octanol–water partition coefficient (Wildman–Crippen LogP) is 3.83. The molecule has 2 saturated heterocycles. The van der Waals surface area contributed by atoms with Gasteiger partial charge in [-0.3, -0.25) is 9.69 Å². The highest BCUT2D eigenvalue weighted by atomic mass is 16.7. The molecule has 5 rings (SSSR count). The van der Waals surface area contributed by atoms with Crippen LogP contribution in [0.25, 0.3) is 0 Å². The molecule has 41 heavy (non-hydrogen) atoms. The highest BCUT2D eigenvalue weighted by Gasteiger charge is 2.84. The molecular formula is C32H46N2O7. The number of benzene rings is 1. The van der Waals surface area contributed by atoms with E-state index in [9.17, 15) is 14.7 Å². The van der Waals surface area contributed by atoms with Crippen molar-refractivity contribution in [3.63, 3.8) is 0 Å². The largest absolute Gasteiger partial charge is 0.440 e. The first-order valence-electron chi connectivity index (χ1n) is 14.7. The zero-order valence-corrected chi connectivity index (χ0v) is 25.4. The maximum absolute atomic E-state index is 14.7. The molecule has 1 spiro atoms. The summed E-state index contributed by atoms with van der Waals surface area (Å²) in [7, 11) is 3.67. The number of ether oxygens (including phenoxy) is 4. The minimum atomic E-state index is -1.57. The van der Waals surface area contributed by atoms with E-state index in [1.54, 1.807) is 24.8 Å². The van der Waals surface area contributed by atoms with E-state index in [1.807, 2.05) is 51.4 Å². The van der Waals surface area contributed by atoms with Crippen LogP contribution in [0.2, 0.25) is 0 Å². The van der Waals surface area contributed by atoms with Gasteiger partial charge in [-0.25, -0.2) is 4.79 Å². The molecule has 9 heteroatoms. The summed E-state index contributed by atoms with van der Waals surface area (Å²) in [4.78, 5) is 29.8. The molecule has 1 unspecified atom stereocenters. The summed E-state index contributed by atoms with van der Waals surface area (Å²) in [6.45, 7) is 14.0. The highest BCUT2D eigenvalue weighted by Crippen LogP contribution is 2.70. The van der Waals surface area contributed by atoms with Gasteiger partial charge in [0.1, 0.15) is 5.60 Å². The van der Waals surface area contributed by atoms with E-state index in [1.165, 1.54) is 0 Å². The lowest BCUT2D eigenvalue weighted by molar-refractivity contribution is -0.456. The number of aliphatic hydroxyl groups excluding tert-OH is 1. The Kier molecular flexibility index (Phi) is 7.47. The van der Waals surface area contributed by atoms with Gasteiger partial charge in [0.2, 0.25) is 6.41 Å². The third-order valence-electron chi connectivity index (χ3n) is 10.4. The fourth-order valence-electron chi connectivity index (χ4n) is 8.61. The van der Waals surface area contributed by atoms with Crippen molar-refractivity contribution in [1.82, 2.24) is 10.2 Å². The Bertz CT molecular complexity index is 1190. The number of carbonyl (C=O) groups excluding carboxylic acids is 2. The fourth-order valence-corrected chi connectivity index (χ4v) is 8.61. The number of ketones is 1. The molecule has 1 amide bonds. The van der Waals surface area contributed by atoms with Crippen LogP contribution in [0.1, 0.15) is 59.4 Å². The first-order valence-corrected chi connectivity index (χ1v) is 14.7. The van der Waals surface area contributed by atoms with Gasteiger partial charge in [0, 0.05) is 24.3 Å². The second kappa shape index (κ2) is 10.2. The number of alkyl carbamates (subject to hydrolysis) is 1. The Morgan fingerprint density at radius 1 is 1.20 bits per heavy atom. The van der Waals surface area contributed by atoms with Crippen molar-refractivity contribution >= 4 is 11.9 Å². The zero-order chi connectivity index (χ0) is 30.0. The average Bonchev–Trinajstić information content (AvgIpc) is 2.89. The Labute approximate surface area is 243 Å². The summed E-state index contributed by atoms with van der Waals surface area (Å²) >= 11 is 0. The number of nitrogens with one attached hydrogen (secondary N) is 1. The summed E-state index contributed by atoms with van der Waals surface area (Å²) in [5.74, 6) is -0.656. The number of hydrogen-bond acceptors (Lipinski definition) is 8. The smallest absolute Gasteiger partial charge is 0.407 e. The van der Waals surface area contributed by atoms with Gasteiger partial charge in [0.25, 0.3) is 0 Å². The van der Waals surface area contributed by atoms with E-state index in [2.05, 4.69) is 25.7 Å². The van der Waals surface area contributed by atoms with Crippen molar-refractivity contribution in [2.45, 2.75) is 102 Å². The number of rotatable bonds is 6. The molecule has 0 aromatic heterocycles. The second-order valence-corrected chi connectivity index (χ2v) is 13.8. The zero-order valence-electron chi connectivity index (χ0n) is 25.4. The lowest BCUT2D eigenvalue weighted by Crippen LogP contribution is -2.89. The Balaban J connectivity index is 1.59. The molecule has 9 atom stereocenters. The van der Waals surface area contributed by atoms with Crippen molar-refractivity contribution in [3.8, 4) is 0 Å². The molecule has 0 radical (unpaired) electrons. The minimum Gasteiger partial charge on any atom is -0.440 e. The number of aliphatic hydroxyl groups is 1. The number of carbonyl (C=O) groups is 2. The molecule has 226 valence electrons. The van der Waals surface area contributed by atoms with E-state index in [0.29, 0.717) is 19.4 Å². The minimum absolute atomic E-state index is 0.0355. The molecule has 2 aliphatic heterocycles. The van der Waals surface area contributed by atoms with Crippen LogP contribution in [0.15, 0.2) is 43.0 Å². The molecule has 1 aromatic rings. The van der Waals surface area contributed by atoms with Crippen LogP contribution in [-0.2, 0) is 30.2 Å². The van der Waals surface area contributed by atoms with Crippen molar-refractivity contribution in [1.29, 1.82) is 0 Å². The summed E-state index contributed by atoms with van der Waals surface area (Å²) in [5.41, 5.74) is -4.50. The molecule has 4 fully saturated rings. The van der Waals surface area contributed by atoms with Crippen LogP contribution < -0.4 is 5.32 Å². The van der Waals surface area contributed by atoms with E-state index >= 15 is 0 Å². The first kappa shape index (κ1) is 30.2. The maximum Gasteiger partial charge on any atom is 0.407 e. The average molecular weight is 571 g/mol. The Morgan fingerprint density at radius 2 is 1.88 bits per heavy atom. The van der Waals surface area contributed by atoms with Gasteiger partial charge in [-0.1, -0.05) is 57.2 Å². The van der Waals surface area contributed by atoms with Crippen LogP contribution in [0.5, 0.6) is 0 Å². The molecule has 1 aromatic carbocycles. The van der Waals surface area contributed by atoms with Gasteiger partial charge < -0.3 is 29.4 Å². The van der Waals surface area contributed by atoms with Gasteiger partial charge in [-0.2, -0.15) is 0 Å². The van der Waals surface area contributed by atoms with E-state index < -0.39 is 64.4 Å². The monoisotopic (exact) mass is 570 g/mol. The van der Waals surface area contributed by atoms with Crippen molar-refractivity contribution < 1.29 is 33.6 Å². The van der Waals surface area contributed by atoms with Gasteiger partial charge in [0.05, 0.1) is 17.8 Å². The van der Waals surface area contributed by atoms with Crippen LogP contribution in [0.4, 0.5) is 4.79 Å². The quantitative estimate of drug-likeness (QED) is 0.497.